The second-order valence-electron chi connectivity index (χ2n) is 6.93. The van der Waals surface area contributed by atoms with Gasteiger partial charge in [-0.2, -0.15) is 10.4 Å². The third-order valence-corrected chi connectivity index (χ3v) is 4.90. The van der Waals surface area contributed by atoms with Crippen LogP contribution >= 0.6 is 0 Å². The van der Waals surface area contributed by atoms with Gasteiger partial charge < -0.3 is 9.88 Å². The fraction of sp³-hybridized carbons (Fsp3) is 0.130. The quantitative estimate of drug-likeness (QED) is 0.537. The molecule has 0 saturated carbocycles. The van der Waals surface area contributed by atoms with Gasteiger partial charge in [0, 0.05) is 54.9 Å². The van der Waals surface area contributed by atoms with Crippen molar-refractivity contribution < 1.29 is 4.39 Å². The highest BCUT2D eigenvalue weighted by molar-refractivity contribution is 5.82. The van der Waals surface area contributed by atoms with Crippen LogP contribution in [0.3, 0.4) is 0 Å². The van der Waals surface area contributed by atoms with E-state index >= 15 is 0 Å². The number of aryl methyl sites for hydroxylation is 1. The summed E-state index contributed by atoms with van der Waals surface area (Å²) in [6.45, 7) is 2.75. The molecule has 4 aromatic rings. The van der Waals surface area contributed by atoms with E-state index in [9.17, 15) is 14.4 Å². The van der Waals surface area contributed by atoms with E-state index in [2.05, 4.69) is 15.4 Å². The molecular formula is C23H19FN6O. The van der Waals surface area contributed by atoms with Crippen LogP contribution < -0.4 is 10.9 Å². The lowest BCUT2D eigenvalue weighted by molar-refractivity contribution is 0.621. The Bertz CT molecular complexity index is 1350. The lowest BCUT2D eigenvalue weighted by Crippen LogP contribution is -2.15. The average molecular weight is 414 g/mol. The Kier molecular flexibility index (Phi) is 5.33. The minimum Gasteiger partial charge on any atom is -0.370 e. The summed E-state index contributed by atoms with van der Waals surface area (Å²) in [5, 5.41) is 16.8. The molecule has 0 amide bonds. The zero-order chi connectivity index (χ0) is 22.0. The lowest BCUT2D eigenvalue weighted by Gasteiger charge is -2.11. The molecule has 154 valence electrons. The second kappa shape index (κ2) is 8.24. The molecule has 0 aliphatic carbocycles. The van der Waals surface area contributed by atoms with Crippen molar-refractivity contribution in [1.82, 2.24) is 19.3 Å². The van der Waals surface area contributed by atoms with Gasteiger partial charge >= 0.3 is 0 Å². The van der Waals surface area contributed by atoms with Crippen molar-refractivity contribution in [2.24, 2.45) is 7.05 Å². The van der Waals surface area contributed by atoms with Gasteiger partial charge in [-0.3, -0.25) is 4.79 Å². The Balaban J connectivity index is 1.83. The Morgan fingerprint density at radius 3 is 2.68 bits per heavy atom. The monoisotopic (exact) mass is 414 g/mol. The number of halogens is 1. The summed E-state index contributed by atoms with van der Waals surface area (Å²) in [5.74, 6) is 0.145. The SMILES string of the molecule is CCNc1ccc(-c2cc(=O)n(C)cc2-c2cnn(-c3cccc(F)c3C#N)c2)cn1. The second-order valence-corrected chi connectivity index (χ2v) is 6.93. The van der Waals surface area contributed by atoms with E-state index in [4.69, 9.17) is 0 Å². The highest BCUT2D eigenvalue weighted by Crippen LogP contribution is 2.31. The molecule has 0 spiro atoms. The van der Waals surface area contributed by atoms with Gasteiger partial charge in [0.2, 0.25) is 0 Å². The largest absolute Gasteiger partial charge is 0.370 e. The highest BCUT2D eigenvalue weighted by Gasteiger charge is 2.15. The molecule has 0 fully saturated rings. The van der Waals surface area contributed by atoms with Crippen LogP contribution in [-0.4, -0.2) is 25.9 Å². The van der Waals surface area contributed by atoms with Gasteiger partial charge in [-0.15, -0.1) is 0 Å². The standard InChI is InChI=1S/C23H19FN6O/c1-3-26-22-8-7-15(11-27-22)17-9-23(31)29(2)14-19(17)16-12-28-30(13-16)21-6-4-5-20(24)18(21)10-25/h4-9,11-14H,3H2,1-2H3,(H,26,27). The summed E-state index contributed by atoms with van der Waals surface area (Å²) in [7, 11) is 1.67. The third kappa shape index (κ3) is 3.81. The first kappa shape index (κ1) is 20.0. The van der Waals surface area contributed by atoms with Crippen molar-refractivity contribution in [2.75, 3.05) is 11.9 Å². The molecule has 8 heteroatoms. The number of pyridine rings is 2. The normalized spacial score (nSPS) is 10.6. The molecule has 0 aliphatic rings. The topological polar surface area (TPSA) is 88.5 Å². The molecule has 3 heterocycles. The summed E-state index contributed by atoms with van der Waals surface area (Å²) in [6, 6.07) is 11.6. The minimum absolute atomic E-state index is 0.0824. The van der Waals surface area contributed by atoms with Gasteiger partial charge in [0.15, 0.2) is 0 Å². The van der Waals surface area contributed by atoms with Crippen molar-refractivity contribution in [2.45, 2.75) is 6.92 Å². The molecule has 0 bridgehead atoms. The predicted molar refractivity (Wildman–Crippen MR) is 116 cm³/mol. The van der Waals surface area contributed by atoms with Crippen LogP contribution in [-0.2, 0) is 7.05 Å². The molecule has 0 saturated heterocycles. The maximum atomic E-state index is 14.0. The van der Waals surface area contributed by atoms with Crippen molar-refractivity contribution in [3.05, 3.63) is 82.9 Å². The van der Waals surface area contributed by atoms with Gasteiger partial charge in [0.05, 0.1) is 11.9 Å². The molecule has 0 unspecified atom stereocenters. The van der Waals surface area contributed by atoms with Gasteiger partial charge in [-0.1, -0.05) is 6.07 Å². The van der Waals surface area contributed by atoms with Crippen LogP contribution in [0.1, 0.15) is 12.5 Å². The molecule has 0 radical (unpaired) electrons. The number of aromatic nitrogens is 4. The maximum Gasteiger partial charge on any atom is 0.250 e. The molecule has 3 aromatic heterocycles. The van der Waals surface area contributed by atoms with Gasteiger partial charge in [-0.05, 0) is 36.8 Å². The Morgan fingerprint density at radius 2 is 1.97 bits per heavy atom. The number of hydrogen-bond acceptors (Lipinski definition) is 5. The van der Waals surface area contributed by atoms with E-state index < -0.39 is 5.82 Å². The molecule has 7 nitrogen and oxygen atoms in total. The first-order valence-electron chi connectivity index (χ1n) is 9.66. The molecule has 0 aliphatic heterocycles. The minimum atomic E-state index is -0.605. The summed E-state index contributed by atoms with van der Waals surface area (Å²) in [6.07, 6.45) is 6.77. The smallest absolute Gasteiger partial charge is 0.250 e. The number of nitriles is 1. The molecule has 4 rings (SSSR count). The summed E-state index contributed by atoms with van der Waals surface area (Å²) in [5.41, 5.74) is 3.08. The summed E-state index contributed by atoms with van der Waals surface area (Å²) in [4.78, 5) is 16.7. The van der Waals surface area contributed by atoms with Gasteiger partial charge in [0.1, 0.15) is 23.3 Å². The zero-order valence-electron chi connectivity index (χ0n) is 17.0. The van der Waals surface area contributed by atoms with Crippen molar-refractivity contribution in [3.63, 3.8) is 0 Å². The molecule has 1 N–H and O–H groups in total. The number of hydrogen-bond donors (Lipinski definition) is 1. The molecular weight excluding hydrogens is 395 g/mol. The highest BCUT2D eigenvalue weighted by atomic mass is 19.1. The first-order valence-corrected chi connectivity index (χ1v) is 9.66. The van der Waals surface area contributed by atoms with E-state index in [0.29, 0.717) is 11.3 Å². The molecule has 0 atom stereocenters. The number of anilines is 1. The van der Waals surface area contributed by atoms with Crippen molar-refractivity contribution >= 4 is 5.82 Å². The van der Waals surface area contributed by atoms with E-state index in [1.54, 1.807) is 44.0 Å². The van der Waals surface area contributed by atoms with Crippen LogP contribution in [0.2, 0.25) is 0 Å². The van der Waals surface area contributed by atoms with Crippen LogP contribution in [0.25, 0.3) is 27.9 Å². The lowest BCUT2D eigenvalue weighted by atomic mass is 9.99. The van der Waals surface area contributed by atoms with Crippen molar-refractivity contribution in [3.8, 4) is 34.0 Å². The zero-order valence-corrected chi connectivity index (χ0v) is 17.0. The van der Waals surface area contributed by atoms with Gasteiger partial charge in [0.25, 0.3) is 5.56 Å². The number of nitrogens with one attached hydrogen (secondary N) is 1. The summed E-state index contributed by atoms with van der Waals surface area (Å²) < 4.78 is 17.0. The predicted octanol–water partition coefficient (Wildman–Crippen LogP) is 3.74. The van der Waals surface area contributed by atoms with E-state index in [1.807, 2.05) is 25.1 Å². The van der Waals surface area contributed by atoms with E-state index in [1.165, 1.54) is 21.4 Å². The van der Waals surface area contributed by atoms with Crippen LogP contribution in [0.5, 0.6) is 0 Å². The Morgan fingerprint density at radius 1 is 1.13 bits per heavy atom. The van der Waals surface area contributed by atoms with Crippen LogP contribution in [0, 0.1) is 17.1 Å². The maximum absolute atomic E-state index is 14.0. The number of rotatable bonds is 5. The third-order valence-electron chi connectivity index (χ3n) is 4.90. The number of benzene rings is 1. The number of nitrogens with zero attached hydrogens (tertiary/aromatic N) is 5. The first-order chi connectivity index (χ1) is 15.0. The van der Waals surface area contributed by atoms with Crippen molar-refractivity contribution in [1.29, 1.82) is 5.26 Å². The van der Waals surface area contributed by atoms with E-state index in [-0.39, 0.29) is 11.1 Å². The summed E-state index contributed by atoms with van der Waals surface area (Å²) >= 11 is 0. The molecule has 31 heavy (non-hydrogen) atoms. The fourth-order valence-corrected chi connectivity index (χ4v) is 3.35. The van der Waals surface area contributed by atoms with Crippen LogP contribution in [0.4, 0.5) is 10.2 Å². The van der Waals surface area contributed by atoms with E-state index in [0.717, 1.165) is 29.1 Å². The van der Waals surface area contributed by atoms with Crippen LogP contribution in [0.15, 0.2) is 66.0 Å². The fourth-order valence-electron chi connectivity index (χ4n) is 3.35. The van der Waals surface area contributed by atoms with Gasteiger partial charge in [-0.25, -0.2) is 14.1 Å². The average Bonchev–Trinajstić information content (AvgIpc) is 3.26. The Labute approximate surface area is 178 Å². The Hall–Kier alpha value is -4.25. The molecule has 1 aromatic carbocycles.